The van der Waals surface area contributed by atoms with Crippen LogP contribution in [0.1, 0.15) is 25.8 Å². The fourth-order valence-corrected chi connectivity index (χ4v) is 2.88. The molecule has 2 rings (SSSR count). The van der Waals surface area contributed by atoms with Gasteiger partial charge in [0.05, 0.1) is 19.7 Å². The molecule has 1 aliphatic rings. The molecule has 0 aromatic heterocycles. The van der Waals surface area contributed by atoms with Crippen molar-refractivity contribution >= 4 is 23.8 Å². The van der Waals surface area contributed by atoms with Crippen LogP contribution in [0, 0.1) is 0 Å². The van der Waals surface area contributed by atoms with Gasteiger partial charge in [-0.1, -0.05) is 30.3 Å². The predicted octanol–water partition coefficient (Wildman–Crippen LogP) is 0.456. The van der Waals surface area contributed by atoms with Gasteiger partial charge in [0.15, 0.2) is 0 Å². The maximum Gasteiger partial charge on any atom is 0.344 e. The molecule has 0 bridgehead atoms. The number of hydrazine groups is 1. The van der Waals surface area contributed by atoms with E-state index in [1.54, 1.807) is 20.9 Å². The molecule has 0 saturated carbocycles. The zero-order valence-corrected chi connectivity index (χ0v) is 16.4. The van der Waals surface area contributed by atoms with Crippen LogP contribution in [-0.4, -0.2) is 66.0 Å². The molecule has 9 nitrogen and oxygen atoms in total. The number of carbonyl (C=O) groups is 4. The molecule has 1 aliphatic heterocycles. The Bertz CT molecular complexity index is 739. The minimum absolute atomic E-state index is 0.0732. The zero-order chi connectivity index (χ0) is 20.7. The molecule has 2 N–H and O–H groups in total. The van der Waals surface area contributed by atoms with Crippen LogP contribution in [0.4, 0.5) is 4.79 Å². The van der Waals surface area contributed by atoms with Gasteiger partial charge in [0.1, 0.15) is 5.54 Å². The Morgan fingerprint density at radius 1 is 1.21 bits per heavy atom. The lowest BCUT2D eigenvalue weighted by Crippen LogP contribution is -2.51. The summed E-state index contributed by atoms with van der Waals surface area (Å²) in [6.07, 6.45) is 1.00. The summed E-state index contributed by atoms with van der Waals surface area (Å²) >= 11 is 0. The van der Waals surface area contributed by atoms with E-state index in [9.17, 15) is 19.2 Å². The van der Waals surface area contributed by atoms with Crippen molar-refractivity contribution in [2.24, 2.45) is 0 Å². The summed E-state index contributed by atoms with van der Waals surface area (Å²) in [5.74, 6) is -1.56. The molecule has 0 radical (unpaired) electrons. The lowest BCUT2D eigenvalue weighted by Gasteiger charge is -2.22. The lowest BCUT2D eigenvalue weighted by molar-refractivity contribution is -0.145. The Labute approximate surface area is 164 Å². The third-order valence-corrected chi connectivity index (χ3v) is 4.37. The lowest BCUT2D eigenvalue weighted by atomic mass is 9.93. The van der Waals surface area contributed by atoms with E-state index in [0.29, 0.717) is 17.9 Å². The largest absolute Gasteiger partial charge is 0.465 e. The van der Waals surface area contributed by atoms with Gasteiger partial charge in [0.25, 0.3) is 11.8 Å². The molecule has 1 aromatic carbocycles. The predicted molar refractivity (Wildman–Crippen MR) is 101 cm³/mol. The summed E-state index contributed by atoms with van der Waals surface area (Å²) in [7, 11) is 1.56. The number of carbonyl (C=O) groups excluding carboxylic acids is 4. The van der Waals surface area contributed by atoms with Gasteiger partial charge in [-0.2, -0.15) is 5.01 Å². The highest BCUT2D eigenvalue weighted by Crippen LogP contribution is 2.22. The molecule has 152 valence electrons. The van der Waals surface area contributed by atoms with Gasteiger partial charge in [-0.25, -0.2) is 4.79 Å². The molecule has 1 unspecified atom stereocenters. The first-order valence-corrected chi connectivity index (χ1v) is 9.09. The maximum atomic E-state index is 12.7. The molecule has 1 aromatic rings. The Morgan fingerprint density at radius 2 is 1.89 bits per heavy atom. The normalized spacial score (nSPS) is 18.9. The summed E-state index contributed by atoms with van der Waals surface area (Å²) in [4.78, 5) is 49.9. The van der Waals surface area contributed by atoms with Crippen molar-refractivity contribution in [3.8, 4) is 0 Å². The van der Waals surface area contributed by atoms with E-state index in [2.05, 4.69) is 10.7 Å². The number of hydrogen-bond donors (Lipinski definition) is 2. The molecule has 28 heavy (non-hydrogen) atoms. The summed E-state index contributed by atoms with van der Waals surface area (Å²) in [5, 5.41) is 3.34. The van der Waals surface area contributed by atoms with Crippen molar-refractivity contribution in [2.45, 2.75) is 32.2 Å². The van der Waals surface area contributed by atoms with Crippen molar-refractivity contribution in [1.29, 1.82) is 0 Å². The summed E-state index contributed by atoms with van der Waals surface area (Å²) < 4.78 is 4.81. The number of nitrogens with zero attached hydrogens (tertiary/aromatic N) is 2. The SMILES string of the molecule is CCOC(=O)CN(C)CC(=O)NN1C(=O)NC(C)(CCc2ccccc2)C1=O. The third-order valence-electron chi connectivity index (χ3n) is 4.37. The summed E-state index contributed by atoms with van der Waals surface area (Å²) in [6.45, 7) is 3.34. The van der Waals surface area contributed by atoms with E-state index in [-0.39, 0.29) is 19.7 Å². The second-order valence-corrected chi connectivity index (χ2v) is 6.90. The maximum absolute atomic E-state index is 12.7. The average molecular weight is 390 g/mol. The molecule has 1 saturated heterocycles. The number of nitrogens with one attached hydrogen (secondary N) is 2. The smallest absolute Gasteiger partial charge is 0.344 e. The van der Waals surface area contributed by atoms with Gasteiger partial charge in [0, 0.05) is 0 Å². The monoisotopic (exact) mass is 390 g/mol. The molecule has 1 heterocycles. The standard InChI is InChI=1S/C19H26N4O5/c1-4-28-16(25)13-22(3)12-15(24)21-23-17(26)19(2,20-18(23)27)11-10-14-8-6-5-7-9-14/h5-9H,4,10-13H2,1-3H3,(H,20,27)(H,21,24). The second-order valence-electron chi connectivity index (χ2n) is 6.90. The van der Waals surface area contributed by atoms with Crippen LogP contribution in [0.2, 0.25) is 0 Å². The van der Waals surface area contributed by atoms with Gasteiger partial charge >= 0.3 is 12.0 Å². The van der Waals surface area contributed by atoms with Crippen LogP contribution in [0.15, 0.2) is 30.3 Å². The summed E-state index contributed by atoms with van der Waals surface area (Å²) in [6, 6.07) is 8.94. The molecule has 1 atom stereocenters. The zero-order valence-electron chi connectivity index (χ0n) is 16.4. The highest BCUT2D eigenvalue weighted by molar-refractivity contribution is 6.07. The topological polar surface area (TPSA) is 108 Å². The van der Waals surface area contributed by atoms with E-state index in [4.69, 9.17) is 4.74 Å². The Morgan fingerprint density at radius 3 is 2.54 bits per heavy atom. The van der Waals surface area contributed by atoms with Gasteiger partial charge in [-0.3, -0.25) is 24.7 Å². The molecule has 9 heteroatoms. The number of imide groups is 1. The number of aryl methyl sites for hydroxylation is 1. The van der Waals surface area contributed by atoms with Crippen LogP contribution < -0.4 is 10.7 Å². The van der Waals surface area contributed by atoms with Crippen LogP contribution in [0.3, 0.4) is 0 Å². The molecule has 1 fully saturated rings. The molecular weight excluding hydrogens is 364 g/mol. The molecular formula is C19H26N4O5. The van der Waals surface area contributed by atoms with Gasteiger partial charge in [-0.05, 0) is 39.3 Å². The minimum Gasteiger partial charge on any atom is -0.465 e. The van der Waals surface area contributed by atoms with E-state index in [1.165, 1.54) is 4.90 Å². The first kappa shape index (κ1) is 21.4. The van der Waals surface area contributed by atoms with Crippen molar-refractivity contribution in [3.05, 3.63) is 35.9 Å². The van der Waals surface area contributed by atoms with Crippen LogP contribution in [0.5, 0.6) is 0 Å². The quantitative estimate of drug-likeness (QED) is 0.468. The summed E-state index contributed by atoms with van der Waals surface area (Å²) in [5.41, 5.74) is 2.26. The van der Waals surface area contributed by atoms with Crippen molar-refractivity contribution in [3.63, 3.8) is 0 Å². The number of urea groups is 1. The number of likely N-dealkylation sites (N-methyl/N-ethyl adjacent to an activating group) is 1. The Balaban J connectivity index is 1.90. The fourth-order valence-electron chi connectivity index (χ4n) is 2.88. The van der Waals surface area contributed by atoms with Crippen molar-refractivity contribution < 1.29 is 23.9 Å². The average Bonchev–Trinajstić information content (AvgIpc) is 2.84. The van der Waals surface area contributed by atoms with E-state index in [0.717, 1.165) is 5.56 Å². The number of esters is 1. The number of hydrogen-bond acceptors (Lipinski definition) is 6. The minimum atomic E-state index is -1.10. The highest BCUT2D eigenvalue weighted by atomic mass is 16.5. The number of rotatable bonds is 9. The second kappa shape index (κ2) is 9.32. The molecule has 0 aliphatic carbocycles. The first-order valence-electron chi connectivity index (χ1n) is 9.09. The first-order chi connectivity index (χ1) is 13.2. The van der Waals surface area contributed by atoms with Crippen LogP contribution in [0.25, 0.3) is 0 Å². The van der Waals surface area contributed by atoms with Gasteiger partial charge in [0.2, 0.25) is 0 Å². The van der Waals surface area contributed by atoms with E-state index in [1.807, 2.05) is 30.3 Å². The van der Waals surface area contributed by atoms with Crippen molar-refractivity contribution in [1.82, 2.24) is 20.7 Å². The molecule has 4 amide bonds. The van der Waals surface area contributed by atoms with Gasteiger partial charge in [-0.15, -0.1) is 0 Å². The third kappa shape index (κ3) is 5.53. The van der Waals surface area contributed by atoms with Crippen LogP contribution >= 0.6 is 0 Å². The number of ether oxygens (including phenoxy) is 1. The number of amides is 4. The van der Waals surface area contributed by atoms with Crippen LogP contribution in [-0.2, 0) is 25.5 Å². The van der Waals surface area contributed by atoms with E-state index < -0.39 is 29.4 Å². The molecule has 0 spiro atoms. The highest BCUT2D eigenvalue weighted by Gasteiger charge is 2.48. The Hall–Kier alpha value is -2.94. The van der Waals surface area contributed by atoms with E-state index >= 15 is 0 Å². The number of benzene rings is 1. The van der Waals surface area contributed by atoms with Gasteiger partial charge < -0.3 is 10.1 Å². The van der Waals surface area contributed by atoms with Crippen molar-refractivity contribution in [2.75, 3.05) is 26.7 Å². The fraction of sp³-hybridized carbons (Fsp3) is 0.474. The Kier molecular flexibility index (Phi) is 7.11.